The molecule has 0 amide bonds. The summed E-state index contributed by atoms with van der Waals surface area (Å²) in [6.07, 6.45) is 2.17. The molecule has 0 heterocycles. The van der Waals surface area contributed by atoms with Gasteiger partial charge in [0.05, 0.1) is 23.5 Å². The molecule has 1 atom stereocenters. The first-order chi connectivity index (χ1) is 13.3. The molecule has 1 aliphatic rings. The number of benzene rings is 2. The highest BCUT2D eigenvalue weighted by Crippen LogP contribution is 2.37. The molecule has 1 aliphatic carbocycles. The molecule has 0 spiro atoms. The summed E-state index contributed by atoms with van der Waals surface area (Å²) in [5.41, 5.74) is 1.48. The predicted molar refractivity (Wildman–Crippen MR) is 103 cm³/mol. The fourth-order valence-electron chi connectivity index (χ4n) is 2.98. The fourth-order valence-corrected chi connectivity index (χ4v) is 3.44. The van der Waals surface area contributed by atoms with E-state index in [2.05, 4.69) is 0 Å². The zero-order valence-electron chi connectivity index (χ0n) is 15.2. The molecule has 0 aromatic heterocycles. The van der Waals surface area contributed by atoms with Crippen molar-refractivity contribution in [1.82, 2.24) is 0 Å². The van der Waals surface area contributed by atoms with Crippen molar-refractivity contribution in [2.75, 3.05) is 6.61 Å². The third-order valence-corrected chi connectivity index (χ3v) is 5.20. The Morgan fingerprint density at radius 2 is 1.75 bits per heavy atom. The number of carboxylic acid groups (broad SMARTS) is 2. The molecule has 0 radical (unpaired) electrons. The minimum atomic E-state index is -2.05. The molecule has 2 aromatic rings. The summed E-state index contributed by atoms with van der Waals surface area (Å²) < 4.78 is 26.3. The number of aromatic carboxylic acids is 2. The van der Waals surface area contributed by atoms with E-state index in [4.69, 9.17) is 4.74 Å². The summed E-state index contributed by atoms with van der Waals surface area (Å²) >= 11 is -2.05. The maximum absolute atomic E-state index is 11.8. The average Bonchev–Trinajstić information content (AvgIpc) is 3.43. The molecule has 1 fully saturated rings. The summed E-state index contributed by atoms with van der Waals surface area (Å²) in [7, 11) is 0. The highest BCUT2D eigenvalue weighted by atomic mass is 32.2. The lowest BCUT2D eigenvalue weighted by Crippen LogP contribution is -2.08. The van der Waals surface area contributed by atoms with Crippen molar-refractivity contribution in [3.63, 3.8) is 0 Å². The summed E-state index contributed by atoms with van der Waals surface area (Å²) in [6.45, 7) is 2.10. The van der Waals surface area contributed by atoms with E-state index in [1.165, 1.54) is 6.07 Å². The number of carbonyl (C=O) groups is 2. The van der Waals surface area contributed by atoms with Gasteiger partial charge in [-0.1, -0.05) is 6.07 Å². The number of aryl methyl sites for hydroxylation is 1. The van der Waals surface area contributed by atoms with Crippen molar-refractivity contribution in [3.8, 4) is 16.9 Å². The highest BCUT2D eigenvalue weighted by molar-refractivity contribution is 7.78. The zero-order chi connectivity index (χ0) is 20.4. The quantitative estimate of drug-likeness (QED) is 0.575. The zero-order valence-corrected chi connectivity index (χ0v) is 16.0. The topological polar surface area (TPSA) is 121 Å². The molecule has 8 heteroatoms. The molecule has 148 valence electrons. The van der Waals surface area contributed by atoms with Gasteiger partial charge in [0.25, 0.3) is 0 Å². The van der Waals surface area contributed by atoms with E-state index in [-0.39, 0.29) is 16.9 Å². The highest BCUT2D eigenvalue weighted by Gasteiger charge is 2.24. The van der Waals surface area contributed by atoms with Crippen molar-refractivity contribution in [2.45, 2.75) is 25.5 Å². The molecule has 3 rings (SSSR count). The fraction of sp³-hybridized carbons (Fsp3) is 0.300. The van der Waals surface area contributed by atoms with E-state index >= 15 is 0 Å². The van der Waals surface area contributed by atoms with Gasteiger partial charge in [0.15, 0.2) is 11.1 Å². The Kier molecular flexibility index (Phi) is 5.81. The van der Waals surface area contributed by atoms with Crippen LogP contribution < -0.4 is 4.74 Å². The Morgan fingerprint density at radius 1 is 1.07 bits per heavy atom. The Morgan fingerprint density at radius 3 is 2.32 bits per heavy atom. The van der Waals surface area contributed by atoms with Gasteiger partial charge in [-0.25, -0.2) is 13.8 Å². The van der Waals surface area contributed by atoms with Crippen molar-refractivity contribution in [1.29, 1.82) is 0 Å². The molecule has 7 nitrogen and oxygen atoms in total. The van der Waals surface area contributed by atoms with Crippen LogP contribution in [0.1, 0.15) is 44.7 Å². The van der Waals surface area contributed by atoms with E-state index in [0.717, 1.165) is 18.9 Å². The molecule has 0 saturated heterocycles. The van der Waals surface area contributed by atoms with Crippen LogP contribution in [-0.4, -0.2) is 37.5 Å². The first-order valence-electron chi connectivity index (χ1n) is 8.71. The van der Waals surface area contributed by atoms with Crippen molar-refractivity contribution in [3.05, 3.63) is 52.6 Å². The molecule has 2 aromatic carbocycles. The van der Waals surface area contributed by atoms with Crippen LogP contribution in [0.15, 0.2) is 30.3 Å². The van der Waals surface area contributed by atoms with E-state index in [1.54, 1.807) is 25.1 Å². The lowest BCUT2D eigenvalue weighted by molar-refractivity contribution is 0.0695. The summed E-state index contributed by atoms with van der Waals surface area (Å²) in [5, 5.41) is 18.9. The van der Waals surface area contributed by atoms with Gasteiger partial charge < -0.3 is 19.5 Å². The maximum atomic E-state index is 11.8. The minimum absolute atomic E-state index is 0.0887. The van der Waals surface area contributed by atoms with E-state index in [9.17, 15) is 28.6 Å². The predicted octanol–water partition coefficient (Wildman–Crippen LogP) is 3.57. The standard InChI is InChI=1S/C20H20O7S/c1-11-6-15(17(20(23)24)8-14(11)19(21)22)16-7-13(10-28(25)26)4-5-18(16)27-9-12-2-3-12/h4-8,12H,2-3,9-10H2,1H3,(H,21,22)(H,23,24)(H,25,26). The van der Waals surface area contributed by atoms with Crippen molar-refractivity contribution >= 4 is 23.0 Å². The lowest BCUT2D eigenvalue weighted by Gasteiger charge is -2.16. The Labute approximate surface area is 164 Å². The molecule has 28 heavy (non-hydrogen) atoms. The number of rotatable bonds is 8. The number of hydrogen-bond acceptors (Lipinski definition) is 4. The van der Waals surface area contributed by atoms with Crippen LogP contribution in [0.3, 0.4) is 0 Å². The van der Waals surface area contributed by atoms with Gasteiger partial charge >= 0.3 is 11.9 Å². The second-order valence-electron chi connectivity index (χ2n) is 6.87. The third-order valence-electron chi connectivity index (χ3n) is 4.62. The van der Waals surface area contributed by atoms with E-state index in [0.29, 0.717) is 40.5 Å². The molecule has 1 unspecified atom stereocenters. The second kappa shape index (κ2) is 8.12. The van der Waals surface area contributed by atoms with Crippen LogP contribution in [0.4, 0.5) is 0 Å². The Hall–Kier alpha value is -2.71. The normalized spacial score (nSPS) is 14.5. The van der Waals surface area contributed by atoms with Crippen molar-refractivity contribution in [2.24, 2.45) is 5.92 Å². The smallest absolute Gasteiger partial charge is 0.336 e. The second-order valence-corrected chi connectivity index (χ2v) is 7.81. The molecule has 0 bridgehead atoms. The van der Waals surface area contributed by atoms with Gasteiger partial charge in [-0.15, -0.1) is 0 Å². The monoisotopic (exact) mass is 404 g/mol. The van der Waals surface area contributed by atoms with Gasteiger partial charge in [-0.2, -0.15) is 0 Å². The van der Waals surface area contributed by atoms with Crippen LogP contribution in [0.25, 0.3) is 11.1 Å². The SMILES string of the molecule is Cc1cc(-c2cc(CS(=O)O)ccc2OCC2CC2)c(C(=O)O)cc1C(=O)O. The third kappa shape index (κ3) is 4.58. The minimum Gasteiger partial charge on any atom is -0.493 e. The van der Waals surface area contributed by atoms with Gasteiger partial charge in [-0.05, 0) is 61.1 Å². The Bertz CT molecular complexity index is 963. The number of ether oxygens (including phenoxy) is 1. The molecule has 1 saturated carbocycles. The van der Waals surface area contributed by atoms with Crippen LogP contribution in [0, 0.1) is 12.8 Å². The van der Waals surface area contributed by atoms with Crippen LogP contribution in [-0.2, 0) is 16.8 Å². The molecule has 0 aliphatic heterocycles. The molecular formula is C20H20O7S. The van der Waals surface area contributed by atoms with Gasteiger partial charge in [0, 0.05) is 11.1 Å². The number of hydrogen-bond donors (Lipinski definition) is 3. The first-order valence-corrected chi connectivity index (χ1v) is 9.98. The van der Waals surface area contributed by atoms with Crippen LogP contribution >= 0.6 is 0 Å². The summed E-state index contributed by atoms with van der Waals surface area (Å²) in [5.74, 6) is -1.63. The molecule has 3 N–H and O–H groups in total. The lowest BCUT2D eigenvalue weighted by atomic mass is 9.93. The van der Waals surface area contributed by atoms with Gasteiger partial charge in [0.1, 0.15) is 5.75 Å². The first kappa shape index (κ1) is 20.0. The van der Waals surface area contributed by atoms with Gasteiger partial charge in [-0.3, -0.25) is 0 Å². The number of carboxylic acids is 2. The van der Waals surface area contributed by atoms with E-state index in [1.807, 2.05) is 0 Å². The Balaban J connectivity index is 2.15. The average molecular weight is 404 g/mol. The summed E-state index contributed by atoms with van der Waals surface area (Å²) in [6, 6.07) is 7.59. The summed E-state index contributed by atoms with van der Waals surface area (Å²) in [4.78, 5) is 23.2. The van der Waals surface area contributed by atoms with Crippen LogP contribution in [0.2, 0.25) is 0 Å². The van der Waals surface area contributed by atoms with Gasteiger partial charge in [0.2, 0.25) is 0 Å². The molecular weight excluding hydrogens is 384 g/mol. The van der Waals surface area contributed by atoms with E-state index < -0.39 is 23.0 Å². The maximum Gasteiger partial charge on any atom is 0.336 e. The van der Waals surface area contributed by atoms with Crippen molar-refractivity contribution < 1.29 is 33.3 Å². The largest absolute Gasteiger partial charge is 0.493 e. The van der Waals surface area contributed by atoms with Crippen LogP contribution in [0.5, 0.6) is 5.75 Å².